The fraction of sp³-hybridized carbons (Fsp3) is 0.818. The zero-order valence-corrected chi connectivity index (χ0v) is 11.6. The molecule has 92 valence electrons. The summed E-state index contributed by atoms with van der Waals surface area (Å²) in [5, 5.41) is 8.64. The molecule has 0 N–H and O–H groups in total. The second-order valence-electron chi connectivity index (χ2n) is 4.12. The van der Waals surface area contributed by atoms with Crippen molar-refractivity contribution in [1.29, 1.82) is 5.26 Å². The number of nitrogens with zero attached hydrogens (tertiary/aromatic N) is 2. The molecule has 0 saturated heterocycles. The summed E-state index contributed by atoms with van der Waals surface area (Å²) in [4.78, 5) is 0. The second-order valence-corrected chi connectivity index (χ2v) is 7.73. The van der Waals surface area contributed by atoms with E-state index in [0.717, 1.165) is 0 Å². The van der Waals surface area contributed by atoms with Crippen molar-refractivity contribution in [2.45, 2.75) is 52.4 Å². The van der Waals surface area contributed by atoms with Crippen LogP contribution in [0.1, 0.15) is 41.0 Å². The van der Waals surface area contributed by atoms with Gasteiger partial charge in [0.1, 0.15) is 6.42 Å². The summed E-state index contributed by atoms with van der Waals surface area (Å²) in [5.41, 5.74) is -0.0525. The SMILES string of the molecule is CCOC(CC#N)=NP(=O)(C(C)C)C(C)C. The third-order valence-corrected chi connectivity index (χ3v) is 5.78. The van der Waals surface area contributed by atoms with Crippen LogP contribution < -0.4 is 0 Å². The van der Waals surface area contributed by atoms with Gasteiger partial charge in [-0.1, -0.05) is 27.7 Å². The maximum Gasteiger partial charge on any atom is 0.204 e. The first kappa shape index (κ1) is 15.2. The van der Waals surface area contributed by atoms with Gasteiger partial charge in [-0.15, -0.1) is 0 Å². The minimum absolute atomic E-state index is 0.0263. The normalized spacial score (nSPS) is 13.0. The molecule has 0 saturated carbocycles. The van der Waals surface area contributed by atoms with Gasteiger partial charge >= 0.3 is 0 Å². The molecule has 0 aromatic carbocycles. The quantitative estimate of drug-likeness (QED) is 0.423. The van der Waals surface area contributed by atoms with Gasteiger partial charge in [-0.2, -0.15) is 10.0 Å². The molecule has 4 nitrogen and oxygen atoms in total. The molecule has 0 rings (SSSR count). The minimum atomic E-state index is -2.67. The van der Waals surface area contributed by atoms with Crippen molar-refractivity contribution in [2.75, 3.05) is 6.61 Å². The second kappa shape index (κ2) is 6.70. The van der Waals surface area contributed by atoms with Crippen LogP contribution in [0.2, 0.25) is 0 Å². The molecular formula is C11H21N2O2P. The highest BCUT2D eigenvalue weighted by molar-refractivity contribution is 7.64. The molecule has 0 heterocycles. The largest absolute Gasteiger partial charge is 0.480 e. The van der Waals surface area contributed by atoms with Gasteiger partial charge in [-0.3, -0.25) is 4.57 Å². The maximum absolute atomic E-state index is 12.6. The van der Waals surface area contributed by atoms with Crippen molar-refractivity contribution < 1.29 is 9.30 Å². The molecule has 0 radical (unpaired) electrons. The smallest absolute Gasteiger partial charge is 0.204 e. The summed E-state index contributed by atoms with van der Waals surface area (Å²) < 4.78 is 22.0. The molecule has 0 bridgehead atoms. The average molecular weight is 244 g/mol. The molecule has 0 aromatic rings. The molecule has 0 unspecified atom stereocenters. The monoisotopic (exact) mass is 244 g/mol. The Bertz CT molecular complexity index is 317. The summed E-state index contributed by atoms with van der Waals surface area (Å²) >= 11 is 0. The molecule has 0 amide bonds. The van der Waals surface area contributed by atoms with E-state index in [1.54, 1.807) is 0 Å². The molecule has 0 aliphatic heterocycles. The topological polar surface area (TPSA) is 62.4 Å². The van der Waals surface area contributed by atoms with E-state index in [1.165, 1.54) is 0 Å². The van der Waals surface area contributed by atoms with E-state index in [4.69, 9.17) is 10.00 Å². The first-order valence-electron chi connectivity index (χ1n) is 5.56. The highest BCUT2D eigenvalue weighted by Gasteiger charge is 2.30. The lowest BCUT2D eigenvalue weighted by molar-refractivity contribution is 0.322. The standard InChI is InChI=1S/C11H21N2O2P/c1-6-15-11(7-8-12)13-16(14,9(2)3)10(4)5/h9-10H,6-7H2,1-5H3. The highest BCUT2D eigenvalue weighted by Crippen LogP contribution is 2.56. The van der Waals surface area contributed by atoms with Gasteiger partial charge in [0.25, 0.3) is 0 Å². The zero-order valence-electron chi connectivity index (χ0n) is 10.7. The van der Waals surface area contributed by atoms with Crippen LogP contribution in [-0.4, -0.2) is 23.8 Å². The lowest BCUT2D eigenvalue weighted by Crippen LogP contribution is -2.11. The Hall–Kier alpha value is -0.810. The summed E-state index contributed by atoms with van der Waals surface area (Å²) in [7, 11) is -2.67. The zero-order chi connectivity index (χ0) is 12.8. The highest BCUT2D eigenvalue weighted by atomic mass is 31.2. The fourth-order valence-electron chi connectivity index (χ4n) is 1.35. The summed E-state index contributed by atoms with van der Waals surface area (Å²) in [5.74, 6) is 0.302. The van der Waals surface area contributed by atoms with Crippen molar-refractivity contribution in [3.05, 3.63) is 0 Å². The molecular weight excluding hydrogens is 223 g/mol. The Morgan fingerprint density at radius 3 is 2.19 bits per heavy atom. The lowest BCUT2D eigenvalue weighted by Gasteiger charge is -2.22. The Morgan fingerprint density at radius 2 is 1.88 bits per heavy atom. The van der Waals surface area contributed by atoms with Crippen molar-refractivity contribution in [3.8, 4) is 6.07 Å². The fourth-order valence-corrected chi connectivity index (χ4v) is 3.48. The van der Waals surface area contributed by atoms with Crippen LogP contribution in [-0.2, 0) is 9.30 Å². The van der Waals surface area contributed by atoms with Gasteiger partial charge in [-0.25, -0.2) is 0 Å². The average Bonchev–Trinajstić information content (AvgIpc) is 2.17. The number of ether oxygens (including phenoxy) is 1. The Labute approximate surface area is 98.1 Å². The maximum atomic E-state index is 12.6. The number of hydrogen-bond donors (Lipinski definition) is 0. The molecule has 5 heteroatoms. The third kappa shape index (κ3) is 3.98. The molecule has 0 atom stereocenters. The lowest BCUT2D eigenvalue weighted by atomic mass is 10.5. The third-order valence-electron chi connectivity index (χ3n) is 2.29. The van der Waals surface area contributed by atoms with Crippen LogP contribution in [0.25, 0.3) is 0 Å². The van der Waals surface area contributed by atoms with Gasteiger partial charge in [0.05, 0.1) is 12.7 Å². The summed E-state index contributed by atoms with van der Waals surface area (Å²) in [6.07, 6.45) is 0.0806. The van der Waals surface area contributed by atoms with E-state index >= 15 is 0 Å². The van der Waals surface area contributed by atoms with Crippen LogP contribution in [0.5, 0.6) is 0 Å². The summed E-state index contributed by atoms with van der Waals surface area (Å²) in [6, 6.07) is 1.98. The van der Waals surface area contributed by atoms with Crippen molar-refractivity contribution in [3.63, 3.8) is 0 Å². The molecule has 0 spiro atoms. The Morgan fingerprint density at radius 1 is 1.38 bits per heavy atom. The minimum Gasteiger partial charge on any atom is -0.480 e. The molecule has 0 aromatic heterocycles. The number of hydrogen-bond acceptors (Lipinski definition) is 3. The van der Waals surface area contributed by atoms with E-state index in [0.29, 0.717) is 12.5 Å². The van der Waals surface area contributed by atoms with Gasteiger partial charge in [0.15, 0.2) is 7.29 Å². The van der Waals surface area contributed by atoms with Crippen LogP contribution >= 0.6 is 7.29 Å². The Balaban J connectivity index is 5.16. The van der Waals surface area contributed by atoms with Crippen LogP contribution in [0, 0.1) is 11.3 Å². The van der Waals surface area contributed by atoms with Gasteiger partial charge in [0.2, 0.25) is 5.90 Å². The van der Waals surface area contributed by atoms with E-state index in [9.17, 15) is 4.57 Å². The molecule has 0 aliphatic rings. The predicted octanol–water partition coefficient (Wildman–Crippen LogP) is 3.43. The number of rotatable bonds is 5. The summed E-state index contributed by atoms with van der Waals surface area (Å²) in [6.45, 7) is 9.82. The first-order chi connectivity index (χ1) is 7.38. The van der Waals surface area contributed by atoms with E-state index in [-0.39, 0.29) is 17.7 Å². The van der Waals surface area contributed by atoms with E-state index in [1.807, 2.05) is 40.7 Å². The van der Waals surface area contributed by atoms with Crippen LogP contribution in [0.4, 0.5) is 0 Å². The van der Waals surface area contributed by atoms with Gasteiger partial charge in [0, 0.05) is 11.3 Å². The molecule has 0 aliphatic carbocycles. The van der Waals surface area contributed by atoms with Gasteiger partial charge in [-0.05, 0) is 6.92 Å². The van der Waals surface area contributed by atoms with E-state index in [2.05, 4.69) is 4.76 Å². The van der Waals surface area contributed by atoms with Gasteiger partial charge < -0.3 is 4.74 Å². The van der Waals surface area contributed by atoms with Crippen molar-refractivity contribution in [1.82, 2.24) is 0 Å². The first-order valence-corrected chi connectivity index (χ1v) is 7.36. The predicted molar refractivity (Wildman–Crippen MR) is 67.2 cm³/mol. The Kier molecular flexibility index (Phi) is 6.36. The molecule has 0 fully saturated rings. The molecule has 16 heavy (non-hydrogen) atoms. The van der Waals surface area contributed by atoms with Crippen molar-refractivity contribution >= 4 is 13.2 Å². The van der Waals surface area contributed by atoms with Crippen LogP contribution in [0.15, 0.2) is 4.76 Å². The van der Waals surface area contributed by atoms with Crippen LogP contribution in [0.3, 0.4) is 0 Å². The van der Waals surface area contributed by atoms with E-state index < -0.39 is 7.29 Å². The van der Waals surface area contributed by atoms with Crippen molar-refractivity contribution in [2.24, 2.45) is 4.76 Å². The number of nitriles is 1.